The van der Waals surface area contributed by atoms with Crippen molar-refractivity contribution in [2.45, 2.75) is 24.1 Å². The molecule has 9 heteroatoms. The lowest BCUT2D eigenvalue weighted by molar-refractivity contribution is -0.113. The minimum absolute atomic E-state index is 0.147. The highest BCUT2D eigenvalue weighted by atomic mass is 32.2. The predicted molar refractivity (Wildman–Crippen MR) is 100 cm³/mol. The number of thioether (sulfide) groups is 1. The van der Waals surface area contributed by atoms with Crippen molar-refractivity contribution >= 4 is 45.8 Å². The van der Waals surface area contributed by atoms with Crippen LogP contribution in [0.2, 0.25) is 0 Å². The SMILES string of the molecule is CCCCNc1nnc(SCC(=O)Nc2ccc(C(=O)OC)cc2)s1. The van der Waals surface area contributed by atoms with E-state index in [-0.39, 0.29) is 11.7 Å². The van der Waals surface area contributed by atoms with E-state index in [9.17, 15) is 9.59 Å². The number of aromatic nitrogens is 2. The third kappa shape index (κ3) is 6.35. The number of nitrogens with zero attached hydrogens (tertiary/aromatic N) is 2. The second kappa shape index (κ2) is 10.00. The Morgan fingerprint density at radius 2 is 2.00 bits per heavy atom. The van der Waals surface area contributed by atoms with Crippen molar-refractivity contribution in [1.29, 1.82) is 0 Å². The van der Waals surface area contributed by atoms with E-state index in [0.29, 0.717) is 11.3 Å². The molecule has 0 aliphatic heterocycles. The maximum absolute atomic E-state index is 12.0. The Kier molecular flexibility index (Phi) is 7.68. The number of carbonyl (C=O) groups is 2. The smallest absolute Gasteiger partial charge is 0.337 e. The summed E-state index contributed by atoms with van der Waals surface area (Å²) < 4.78 is 5.38. The van der Waals surface area contributed by atoms with Crippen LogP contribution in [0.4, 0.5) is 10.8 Å². The van der Waals surface area contributed by atoms with Gasteiger partial charge in [0.2, 0.25) is 11.0 Å². The Bertz CT molecular complexity index is 704. The van der Waals surface area contributed by atoms with Crippen LogP contribution in [0.15, 0.2) is 28.6 Å². The summed E-state index contributed by atoms with van der Waals surface area (Å²) >= 11 is 2.78. The van der Waals surface area contributed by atoms with Gasteiger partial charge in [0.05, 0.1) is 18.4 Å². The van der Waals surface area contributed by atoms with Crippen molar-refractivity contribution in [1.82, 2.24) is 10.2 Å². The molecule has 134 valence electrons. The first kappa shape index (κ1) is 19.2. The fraction of sp³-hybridized carbons (Fsp3) is 0.375. The summed E-state index contributed by atoms with van der Waals surface area (Å²) in [7, 11) is 1.33. The molecule has 2 aromatic rings. The van der Waals surface area contributed by atoms with Gasteiger partial charge in [0.1, 0.15) is 0 Å². The number of rotatable bonds is 9. The van der Waals surface area contributed by atoms with E-state index in [4.69, 9.17) is 0 Å². The third-order valence-corrected chi connectivity index (χ3v) is 5.14. The number of benzene rings is 1. The monoisotopic (exact) mass is 380 g/mol. The molecule has 0 saturated carbocycles. The van der Waals surface area contributed by atoms with Gasteiger partial charge in [-0.05, 0) is 30.7 Å². The molecule has 7 nitrogen and oxygen atoms in total. The molecule has 0 saturated heterocycles. The Labute approximate surface area is 154 Å². The molecular weight excluding hydrogens is 360 g/mol. The van der Waals surface area contributed by atoms with Crippen LogP contribution in [0, 0.1) is 0 Å². The maximum Gasteiger partial charge on any atom is 0.337 e. The van der Waals surface area contributed by atoms with Gasteiger partial charge < -0.3 is 15.4 Å². The molecule has 0 bridgehead atoms. The Hall–Kier alpha value is -2.13. The predicted octanol–water partition coefficient (Wildman–Crippen LogP) is 3.27. The molecule has 2 N–H and O–H groups in total. The zero-order chi connectivity index (χ0) is 18.1. The first-order chi connectivity index (χ1) is 12.1. The van der Waals surface area contributed by atoms with Gasteiger partial charge in [-0.25, -0.2) is 4.79 Å². The second-order valence-electron chi connectivity index (χ2n) is 5.06. The van der Waals surface area contributed by atoms with Gasteiger partial charge in [0.25, 0.3) is 0 Å². The third-order valence-electron chi connectivity index (χ3n) is 3.13. The normalized spacial score (nSPS) is 10.3. The number of unbranched alkanes of at least 4 members (excludes halogenated alkanes) is 1. The number of carbonyl (C=O) groups excluding carboxylic acids is 2. The summed E-state index contributed by atoms with van der Waals surface area (Å²) in [4.78, 5) is 23.4. The van der Waals surface area contributed by atoms with E-state index in [0.717, 1.165) is 28.9 Å². The Morgan fingerprint density at radius 1 is 1.24 bits per heavy atom. The zero-order valence-electron chi connectivity index (χ0n) is 14.1. The van der Waals surface area contributed by atoms with Crippen LogP contribution in [0.3, 0.4) is 0 Å². The molecule has 0 radical (unpaired) electrons. The topological polar surface area (TPSA) is 93.2 Å². The van der Waals surface area contributed by atoms with E-state index in [1.807, 2.05) is 0 Å². The average molecular weight is 380 g/mol. The second-order valence-corrected chi connectivity index (χ2v) is 7.26. The molecule has 0 spiro atoms. The summed E-state index contributed by atoms with van der Waals surface area (Å²) in [6.45, 7) is 3.00. The van der Waals surface area contributed by atoms with Crippen LogP contribution < -0.4 is 10.6 Å². The highest BCUT2D eigenvalue weighted by molar-refractivity contribution is 8.01. The number of methoxy groups -OCH3 is 1. The van der Waals surface area contributed by atoms with Crippen LogP contribution in [-0.2, 0) is 9.53 Å². The van der Waals surface area contributed by atoms with E-state index in [2.05, 4.69) is 32.5 Å². The van der Waals surface area contributed by atoms with E-state index < -0.39 is 5.97 Å². The summed E-state index contributed by atoms with van der Waals surface area (Å²) in [6.07, 6.45) is 2.20. The molecule has 25 heavy (non-hydrogen) atoms. The average Bonchev–Trinajstić information content (AvgIpc) is 3.08. The summed E-state index contributed by atoms with van der Waals surface area (Å²) in [6, 6.07) is 6.53. The van der Waals surface area contributed by atoms with E-state index in [1.54, 1.807) is 24.3 Å². The van der Waals surface area contributed by atoms with Crippen LogP contribution >= 0.6 is 23.1 Å². The van der Waals surface area contributed by atoms with Crippen LogP contribution in [-0.4, -0.2) is 41.5 Å². The van der Waals surface area contributed by atoms with Gasteiger partial charge >= 0.3 is 5.97 Å². The molecule has 1 heterocycles. The number of amides is 1. The van der Waals surface area contributed by atoms with Gasteiger partial charge in [0, 0.05) is 12.2 Å². The van der Waals surface area contributed by atoms with E-state index in [1.165, 1.54) is 30.2 Å². The molecule has 0 aliphatic rings. The minimum Gasteiger partial charge on any atom is -0.465 e. The highest BCUT2D eigenvalue weighted by Crippen LogP contribution is 2.25. The van der Waals surface area contributed by atoms with Crippen LogP contribution in [0.1, 0.15) is 30.1 Å². The fourth-order valence-electron chi connectivity index (χ4n) is 1.84. The number of esters is 1. The van der Waals surface area contributed by atoms with Crippen molar-refractivity contribution in [3.63, 3.8) is 0 Å². The molecule has 1 aromatic carbocycles. The fourth-order valence-corrected chi connectivity index (χ4v) is 3.42. The standard InChI is InChI=1S/C16H20N4O3S2/c1-3-4-9-17-15-19-20-16(25-15)24-10-13(21)18-12-7-5-11(6-8-12)14(22)23-2/h5-8H,3-4,9-10H2,1-2H3,(H,17,19)(H,18,21). The number of hydrogen-bond donors (Lipinski definition) is 2. The van der Waals surface area contributed by atoms with Crippen molar-refractivity contribution in [3.05, 3.63) is 29.8 Å². The number of hydrogen-bond acceptors (Lipinski definition) is 8. The van der Waals surface area contributed by atoms with Crippen LogP contribution in [0.25, 0.3) is 0 Å². The zero-order valence-corrected chi connectivity index (χ0v) is 15.7. The first-order valence-electron chi connectivity index (χ1n) is 7.80. The Balaban J connectivity index is 1.77. The van der Waals surface area contributed by atoms with Gasteiger partial charge in [-0.1, -0.05) is 36.4 Å². The Morgan fingerprint density at radius 3 is 2.68 bits per heavy atom. The van der Waals surface area contributed by atoms with Gasteiger partial charge in [0.15, 0.2) is 4.34 Å². The van der Waals surface area contributed by atoms with Gasteiger partial charge in [-0.3, -0.25) is 4.79 Å². The van der Waals surface area contributed by atoms with Crippen LogP contribution in [0.5, 0.6) is 0 Å². The molecule has 2 rings (SSSR count). The van der Waals surface area contributed by atoms with Gasteiger partial charge in [-0.15, -0.1) is 10.2 Å². The first-order valence-corrected chi connectivity index (χ1v) is 9.61. The lowest BCUT2D eigenvalue weighted by Gasteiger charge is -2.05. The molecule has 0 fully saturated rings. The highest BCUT2D eigenvalue weighted by Gasteiger charge is 2.09. The minimum atomic E-state index is -0.409. The number of anilines is 2. The largest absolute Gasteiger partial charge is 0.465 e. The van der Waals surface area contributed by atoms with Crippen molar-refractivity contribution in [2.75, 3.05) is 30.0 Å². The van der Waals surface area contributed by atoms with Gasteiger partial charge in [-0.2, -0.15) is 0 Å². The summed E-state index contributed by atoms with van der Waals surface area (Å²) in [5.41, 5.74) is 1.06. The molecule has 0 aliphatic carbocycles. The lowest BCUT2D eigenvalue weighted by atomic mass is 10.2. The summed E-state index contributed by atoms with van der Waals surface area (Å²) in [5.74, 6) is -0.318. The summed E-state index contributed by atoms with van der Waals surface area (Å²) in [5, 5.41) is 14.8. The molecule has 0 unspecified atom stereocenters. The van der Waals surface area contributed by atoms with Crippen molar-refractivity contribution in [2.24, 2.45) is 0 Å². The molecule has 1 aromatic heterocycles. The number of ether oxygens (including phenoxy) is 1. The van der Waals surface area contributed by atoms with Crippen molar-refractivity contribution in [3.8, 4) is 0 Å². The molecule has 1 amide bonds. The lowest BCUT2D eigenvalue weighted by Crippen LogP contribution is -2.14. The van der Waals surface area contributed by atoms with E-state index >= 15 is 0 Å². The molecule has 0 atom stereocenters. The quantitative estimate of drug-likeness (QED) is 0.392. The van der Waals surface area contributed by atoms with Crippen molar-refractivity contribution < 1.29 is 14.3 Å². The maximum atomic E-state index is 12.0. The number of nitrogens with one attached hydrogen (secondary N) is 2. The molecular formula is C16H20N4O3S2.